The summed E-state index contributed by atoms with van der Waals surface area (Å²) < 4.78 is 29.2. The van der Waals surface area contributed by atoms with Gasteiger partial charge < -0.3 is 10.8 Å². The van der Waals surface area contributed by atoms with Crippen LogP contribution in [0.15, 0.2) is 26.8 Å². The summed E-state index contributed by atoms with van der Waals surface area (Å²) in [6, 6.07) is 4.92. The number of benzene rings is 1. The molecule has 0 spiro atoms. The molecular formula is C21H26N5O5S. The third-order valence-corrected chi connectivity index (χ3v) is 6.29. The summed E-state index contributed by atoms with van der Waals surface area (Å²) >= 11 is 0. The van der Waals surface area contributed by atoms with Gasteiger partial charge in [-0.15, -0.1) is 0 Å². The molecule has 2 heterocycles. The van der Waals surface area contributed by atoms with Crippen molar-refractivity contribution in [3.63, 3.8) is 0 Å². The van der Waals surface area contributed by atoms with Crippen molar-refractivity contribution < 1.29 is 18.3 Å². The van der Waals surface area contributed by atoms with Gasteiger partial charge in [0.05, 0.1) is 11.3 Å². The molecule has 0 aliphatic carbocycles. The molecule has 1 aliphatic rings. The fraction of sp³-hybridized carbons (Fsp3) is 0.429. The molecule has 0 saturated heterocycles. The number of amides is 1. The minimum atomic E-state index is -4.22. The minimum Gasteiger partial charge on any atom is -0.505 e. The lowest BCUT2D eigenvalue weighted by molar-refractivity contribution is 0.100. The third-order valence-electron chi connectivity index (χ3n) is 4.94. The van der Waals surface area contributed by atoms with Crippen LogP contribution in [0, 0.1) is 12.0 Å². The van der Waals surface area contributed by atoms with Gasteiger partial charge in [0.25, 0.3) is 21.5 Å². The van der Waals surface area contributed by atoms with Crippen molar-refractivity contribution in [1.82, 2.24) is 14.5 Å². The molecule has 4 N–H and O–H groups in total. The topological polar surface area (TPSA) is 157 Å². The van der Waals surface area contributed by atoms with Gasteiger partial charge >= 0.3 is 0 Å². The Morgan fingerprint density at radius 1 is 1.31 bits per heavy atom. The molecule has 32 heavy (non-hydrogen) atoms. The third kappa shape index (κ3) is 4.24. The number of nitrogens with two attached hydrogens (primary N) is 1. The van der Waals surface area contributed by atoms with Crippen molar-refractivity contribution >= 4 is 27.5 Å². The summed E-state index contributed by atoms with van der Waals surface area (Å²) in [4.78, 5) is 29.0. The molecule has 0 bridgehead atoms. The van der Waals surface area contributed by atoms with E-state index < -0.39 is 38.5 Å². The molecule has 0 saturated carbocycles. The monoisotopic (exact) mass is 460 g/mol. The first-order chi connectivity index (χ1) is 14.7. The maximum atomic E-state index is 13.2. The van der Waals surface area contributed by atoms with Crippen LogP contribution in [-0.4, -0.2) is 35.0 Å². The summed E-state index contributed by atoms with van der Waals surface area (Å²) in [5.41, 5.74) is 3.49. The van der Waals surface area contributed by atoms with E-state index in [2.05, 4.69) is 20.9 Å². The number of amidine groups is 1. The van der Waals surface area contributed by atoms with Crippen LogP contribution in [0.25, 0.3) is 0 Å². The Balaban J connectivity index is 2.35. The molecule has 1 aromatic carbocycles. The molecule has 1 aromatic heterocycles. The van der Waals surface area contributed by atoms with Crippen LogP contribution in [0.2, 0.25) is 0 Å². The summed E-state index contributed by atoms with van der Waals surface area (Å²) in [6.07, 6.45) is 0.642. The van der Waals surface area contributed by atoms with Crippen molar-refractivity contribution in [1.29, 1.82) is 0 Å². The second kappa shape index (κ2) is 8.05. The predicted octanol–water partition coefficient (Wildman–Crippen LogP) is 1.56. The molecule has 171 valence electrons. The van der Waals surface area contributed by atoms with E-state index in [-0.39, 0.29) is 39.9 Å². The first kappa shape index (κ1) is 23.5. The number of primary amides is 1. The highest BCUT2D eigenvalue weighted by Crippen LogP contribution is 2.35. The molecular weight excluding hydrogens is 434 g/mol. The largest absolute Gasteiger partial charge is 0.505 e. The first-order valence-corrected chi connectivity index (χ1v) is 11.5. The highest BCUT2D eigenvalue weighted by atomic mass is 32.2. The van der Waals surface area contributed by atoms with Crippen molar-refractivity contribution in [3.05, 3.63) is 45.4 Å². The van der Waals surface area contributed by atoms with Crippen molar-refractivity contribution in [3.8, 4) is 5.75 Å². The van der Waals surface area contributed by atoms with Crippen LogP contribution in [0.4, 0.5) is 5.69 Å². The van der Waals surface area contributed by atoms with Gasteiger partial charge in [-0.1, -0.05) is 34.6 Å². The van der Waals surface area contributed by atoms with Gasteiger partial charge in [0.1, 0.15) is 16.2 Å². The van der Waals surface area contributed by atoms with E-state index in [9.17, 15) is 23.1 Å². The molecule has 1 aliphatic heterocycles. The number of sulfonamides is 1. The maximum absolute atomic E-state index is 13.2. The molecule has 2 aromatic rings. The lowest BCUT2D eigenvalue weighted by Crippen LogP contribution is -2.41. The molecule has 3 rings (SSSR count). The molecule has 1 amide bonds. The average molecular weight is 461 g/mol. The van der Waals surface area contributed by atoms with Crippen LogP contribution < -0.4 is 16.0 Å². The molecule has 10 nitrogen and oxygen atoms in total. The lowest BCUT2D eigenvalue weighted by atomic mass is 9.90. The molecule has 11 heteroatoms. The second-order valence-electron chi connectivity index (χ2n) is 9.05. The first-order valence-electron chi connectivity index (χ1n) is 10.0. The Bertz CT molecular complexity index is 1290. The van der Waals surface area contributed by atoms with Crippen LogP contribution in [0.1, 0.15) is 62.7 Å². The number of fused-ring (bicyclic) bond motifs is 1. The number of aliphatic imine (C=N–C) groups is 1. The smallest absolute Gasteiger partial charge is 0.281 e. The number of carbonyl (C=O) groups is 1. The fourth-order valence-corrected chi connectivity index (χ4v) is 4.36. The van der Waals surface area contributed by atoms with Crippen molar-refractivity contribution in [2.45, 2.75) is 57.9 Å². The van der Waals surface area contributed by atoms with Gasteiger partial charge in [0.2, 0.25) is 0 Å². The van der Waals surface area contributed by atoms with E-state index in [1.807, 2.05) is 13.8 Å². The quantitative estimate of drug-likeness (QED) is 0.614. The minimum absolute atomic E-state index is 0.171. The van der Waals surface area contributed by atoms with E-state index in [4.69, 9.17) is 5.73 Å². The Labute approximate surface area is 186 Å². The SMILES string of the molecule is CC(C)CCn1nc(C(C)(C)C)c(O)c(C2=Nc3c(C(N)=O)c[c]cc3S(=O)(=O)N2)c1=O. The average Bonchev–Trinajstić information content (AvgIpc) is 2.65. The number of rotatable bonds is 5. The molecule has 0 unspecified atom stereocenters. The van der Waals surface area contributed by atoms with Gasteiger partial charge in [-0.25, -0.2) is 18.1 Å². The van der Waals surface area contributed by atoms with Gasteiger partial charge in [-0.3, -0.25) is 14.3 Å². The highest BCUT2D eigenvalue weighted by molar-refractivity contribution is 7.90. The predicted molar refractivity (Wildman–Crippen MR) is 119 cm³/mol. The lowest BCUT2D eigenvalue weighted by Gasteiger charge is -2.24. The molecule has 1 radical (unpaired) electrons. The number of nitrogens with one attached hydrogen (secondary N) is 1. The normalized spacial score (nSPS) is 15.1. The fourth-order valence-electron chi connectivity index (χ4n) is 3.21. The van der Waals surface area contributed by atoms with E-state index in [1.54, 1.807) is 20.8 Å². The Morgan fingerprint density at radius 3 is 2.53 bits per heavy atom. The van der Waals surface area contributed by atoms with Crippen LogP contribution in [0.5, 0.6) is 5.75 Å². The number of hydrogen-bond donors (Lipinski definition) is 3. The number of aromatic nitrogens is 2. The van der Waals surface area contributed by atoms with E-state index in [0.29, 0.717) is 6.42 Å². The van der Waals surface area contributed by atoms with Gasteiger partial charge in [-0.2, -0.15) is 5.10 Å². The summed E-state index contributed by atoms with van der Waals surface area (Å²) in [6.45, 7) is 9.67. The number of aromatic hydroxyl groups is 1. The molecule has 0 fully saturated rings. The van der Waals surface area contributed by atoms with E-state index in [0.717, 1.165) is 6.07 Å². The van der Waals surface area contributed by atoms with Crippen molar-refractivity contribution in [2.75, 3.05) is 0 Å². The van der Waals surface area contributed by atoms with Crippen molar-refractivity contribution in [2.24, 2.45) is 16.6 Å². The van der Waals surface area contributed by atoms with Gasteiger partial charge in [-0.05, 0) is 30.5 Å². The van der Waals surface area contributed by atoms with Gasteiger partial charge in [0.15, 0.2) is 11.6 Å². The second-order valence-corrected chi connectivity index (χ2v) is 10.7. The number of nitrogens with zero attached hydrogens (tertiary/aromatic N) is 3. The molecule has 0 atom stereocenters. The number of hydrogen-bond acceptors (Lipinski definition) is 7. The Kier molecular flexibility index (Phi) is 5.90. The van der Waals surface area contributed by atoms with Crippen LogP contribution in [-0.2, 0) is 22.0 Å². The standard InChI is InChI=1S/C21H26N5O5S/c1-11(2)9-10-26-20(29)14(16(27)17(24-26)21(3,4)5)19-23-15-12(18(22)28)7-6-8-13(15)32(30,31)25-19/h7-8,11,27H,9-10H2,1-5H3,(H2,22,28)(H,23,25). The van der Waals surface area contributed by atoms with Crippen LogP contribution >= 0.6 is 0 Å². The highest BCUT2D eigenvalue weighted by Gasteiger charge is 2.34. The Hall–Kier alpha value is -3.21. The zero-order chi connectivity index (χ0) is 24.0. The van der Waals surface area contributed by atoms with Crippen LogP contribution in [0.3, 0.4) is 0 Å². The maximum Gasteiger partial charge on any atom is 0.281 e. The zero-order valence-electron chi connectivity index (χ0n) is 18.6. The van der Waals surface area contributed by atoms with E-state index >= 15 is 0 Å². The number of aryl methyl sites for hydroxylation is 1. The Morgan fingerprint density at radius 2 is 1.97 bits per heavy atom. The summed E-state index contributed by atoms with van der Waals surface area (Å²) in [5, 5.41) is 15.3. The van der Waals surface area contributed by atoms with E-state index in [1.165, 1.54) is 10.7 Å². The zero-order valence-corrected chi connectivity index (χ0v) is 19.4. The summed E-state index contributed by atoms with van der Waals surface area (Å²) in [7, 11) is -4.22. The number of carbonyl (C=O) groups excluding carboxylic acids is 1. The van der Waals surface area contributed by atoms with Gasteiger partial charge in [0, 0.05) is 12.0 Å². The summed E-state index contributed by atoms with van der Waals surface area (Å²) in [5.74, 6) is -1.50.